The van der Waals surface area contributed by atoms with Gasteiger partial charge in [-0.3, -0.25) is 12.2 Å². The summed E-state index contributed by atoms with van der Waals surface area (Å²) in [5.74, 6) is 0. The Bertz CT molecular complexity index is 923. The van der Waals surface area contributed by atoms with Gasteiger partial charge < -0.3 is 49.6 Å². The summed E-state index contributed by atoms with van der Waals surface area (Å²) in [5, 5.41) is 5.32. The summed E-state index contributed by atoms with van der Waals surface area (Å²) in [7, 11) is 0. The van der Waals surface area contributed by atoms with Crippen LogP contribution >= 0.6 is 0 Å². The zero-order chi connectivity index (χ0) is 19.3. The van der Waals surface area contributed by atoms with Crippen molar-refractivity contribution in [2.75, 3.05) is 0 Å². The molecule has 0 spiro atoms. The molecule has 0 unspecified atom stereocenters. The van der Waals surface area contributed by atoms with E-state index in [1.807, 2.05) is 24.3 Å². The molecule has 0 saturated carbocycles. The Morgan fingerprint density at radius 2 is 0.912 bits per heavy atom. The van der Waals surface area contributed by atoms with Crippen LogP contribution < -0.4 is 49.6 Å². The van der Waals surface area contributed by atoms with Crippen molar-refractivity contribution in [3.63, 3.8) is 0 Å². The van der Waals surface area contributed by atoms with Crippen molar-refractivity contribution in [3.05, 3.63) is 134 Å². The number of fused-ring (bicyclic) bond motifs is 2. The first kappa shape index (κ1) is 40.7. The largest absolute Gasteiger partial charge is 4.00 e. The molecule has 0 saturated heterocycles. The monoisotopic (exact) mass is 680 g/mol. The van der Waals surface area contributed by atoms with Crippen molar-refractivity contribution in [1.29, 1.82) is 0 Å². The molecule has 0 atom stereocenters. The summed E-state index contributed by atoms with van der Waals surface area (Å²) < 4.78 is 0. The smallest absolute Gasteiger partial charge is 1.00 e. The molecule has 172 valence electrons. The fourth-order valence-corrected chi connectivity index (χ4v) is 2.82. The number of hydrogen-bond donors (Lipinski definition) is 0. The molecule has 0 radical (unpaired) electrons. The van der Waals surface area contributed by atoms with Crippen LogP contribution in [0.15, 0.2) is 121 Å². The number of hydrogen-bond acceptors (Lipinski definition) is 0. The standard InChI is InChI=1S/2C9H7.2C5H5.4ClH.2Zr/c2*1-2-5-9-7-3-6-8(9)4-1;2*1-2-4-5-3-1;;;;;;/h2*1-7H;2*1-3H,4H2;4*1H;;/q4*-1;;;;;2*+4/p-4. The second-order valence-electron chi connectivity index (χ2n) is 6.32. The Morgan fingerprint density at radius 3 is 1.18 bits per heavy atom. The Kier molecular flexibility index (Phi) is 30.7. The van der Waals surface area contributed by atoms with Crippen LogP contribution in [0.2, 0.25) is 0 Å². The van der Waals surface area contributed by atoms with E-state index in [9.17, 15) is 0 Å². The quantitative estimate of drug-likeness (QED) is 0.165. The first-order chi connectivity index (χ1) is 13.9. The maximum Gasteiger partial charge on any atom is 4.00 e. The minimum Gasteiger partial charge on any atom is -1.00 e. The summed E-state index contributed by atoms with van der Waals surface area (Å²) in [6.45, 7) is 0. The number of halogens is 4. The van der Waals surface area contributed by atoms with Gasteiger partial charge in [-0.05, 0) is 0 Å². The molecular formula is C28H24Cl4Zr2. The van der Waals surface area contributed by atoms with E-state index >= 15 is 0 Å². The third-order valence-corrected chi connectivity index (χ3v) is 4.27. The topological polar surface area (TPSA) is 0 Å². The van der Waals surface area contributed by atoms with E-state index in [0.717, 1.165) is 12.8 Å². The van der Waals surface area contributed by atoms with Crippen molar-refractivity contribution in [1.82, 2.24) is 0 Å². The van der Waals surface area contributed by atoms with Gasteiger partial charge in [0.1, 0.15) is 0 Å². The van der Waals surface area contributed by atoms with Gasteiger partial charge in [0, 0.05) is 0 Å². The first-order valence-corrected chi connectivity index (χ1v) is 9.58. The molecule has 0 aromatic heterocycles. The van der Waals surface area contributed by atoms with E-state index < -0.39 is 0 Å². The fraction of sp³-hybridized carbons (Fsp3) is 0.0714. The summed E-state index contributed by atoms with van der Waals surface area (Å²) in [4.78, 5) is 0. The Hall–Kier alpha value is -0.454. The van der Waals surface area contributed by atoms with Gasteiger partial charge >= 0.3 is 52.4 Å². The minimum absolute atomic E-state index is 0. The number of rotatable bonds is 0. The first-order valence-electron chi connectivity index (χ1n) is 9.58. The molecule has 0 bridgehead atoms. The molecule has 0 fully saturated rings. The van der Waals surface area contributed by atoms with Gasteiger partial charge in [-0.1, -0.05) is 12.1 Å². The van der Waals surface area contributed by atoms with E-state index in [2.05, 4.69) is 109 Å². The molecule has 0 N–H and O–H groups in total. The van der Waals surface area contributed by atoms with E-state index in [0.29, 0.717) is 0 Å². The summed E-state index contributed by atoms with van der Waals surface area (Å²) in [5.41, 5.74) is 0. The molecule has 6 heteroatoms. The normalized spacial score (nSPS) is 10.6. The van der Waals surface area contributed by atoms with E-state index in [-0.39, 0.29) is 102 Å². The molecule has 4 aromatic carbocycles. The van der Waals surface area contributed by atoms with Gasteiger partial charge in [0.15, 0.2) is 0 Å². The van der Waals surface area contributed by atoms with Gasteiger partial charge in [0.05, 0.1) is 0 Å². The van der Waals surface area contributed by atoms with Crippen LogP contribution in [0.5, 0.6) is 0 Å². The average molecular weight is 685 g/mol. The SMILES string of the molecule is [C-]1=CC=CC1.[C-]1=CC=CC1.[Cl-].[Cl-].[Cl-].[Cl-].[Zr+4].[Zr+4].c1ccc2[cH-]ccc2c1.c1ccc2[cH-]ccc2c1. The van der Waals surface area contributed by atoms with Crippen LogP contribution in [0.25, 0.3) is 21.5 Å². The van der Waals surface area contributed by atoms with Gasteiger partial charge in [-0.15, -0.1) is 72.1 Å². The Balaban J connectivity index is -0.000000172. The van der Waals surface area contributed by atoms with E-state index in [1.165, 1.54) is 21.5 Å². The molecule has 6 rings (SSSR count). The second-order valence-corrected chi connectivity index (χ2v) is 6.32. The molecule has 2 aliphatic carbocycles. The predicted molar refractivity (Wildman–Crippen MR) is 122 cm³/mol. The van der Waals surface area contributed by atoms with Crippen molar-refractivity contribution in [2.45, 2.75) is 12.8 Å². The van der Waals surface area contributed by atoms with Crippen molar-refractivity contribution in [3.8, 4) is 0 Å². The van der Waals surface area contributed by atoms with Crippen molar-refractivity contribution < 1.29 is 102 Å². The Labute approximate surface area is 267 Å². The molecule has 0 nitrogen and oxygen atoms in total. The molecule has 0 aliphatic heterocycles. The molecule has 2 aliphatic rings. The maximum absolute atomic E-state index is 2.99. The average Bonchev–Trinajstić information content (AvgIpc) is 3.56. The van der Waals surface area contributed by atoms with Crippen LogP contribution in [-0.4, -0.2) is 0 Å². The summed E-state index contributed by atoms with van der Waals surface area (Å²) in [6.07, 6.45) is 20.0. The second kappa shape index (κ2) is 25.6. The minimum atomic E-state index is 0. The third kappa shape index (κ3) is 15.5. The molecule has 34 heavy (non-hydrogen) atoms. The summed E-state index contributed by atoms with van der Waals surface area (Å²) >= 11 is 0. The molecule has 0 amide bonds. The van der Waals surface area contributed by atoms with Crippen LogP contribution in [0, 0.1) is 12.2 Å². The fourth-order valence-electron chi connectivity index (χ4n) is 2.82. The van der Waals surface area contributed by atoms with Crippen LogP contribution in [0.4, 0.5) is 0 Å². The Morgan fingerprint density at radius 1 is 0.529 bits per heavy atom. The van der Waals surface area contributed by atoms with Crippen LogP contribution in [0.1, 0.15) is 12.8 Å². The van der Waals surface area contributed by atoms with Gasteiger partial charge in [0.25, 0.3) is 0 Å². The number of benzene rings is 2. The molecular weight excluding hydrogens is 661 g/mol. The predicted octanol–water partition coefficient (Wildman–Crippen LogP) is -4.26. The van der Waals surface area contributed by atoms with E-state index in [1.54, 1.807) is 0 Å². The van der Waals surface area contributed by atoms with Gasteiger partial charge in [0.2, 0.25) is 0 Å². The summed E-state index contributed by atoms with van der Waals surface area (Å²) in [6, 6.07) is 29.3. The van der Waals surface area contributed by atoms with Crippen LogP contribution in [0.3, 0.4) is 0 Å². The van der Waals surface area contributed by atoms with Gasteiger partial charge in [-0.25, -0.2) is 24.3 Å². The zero-order valence-electron chi connectivity index (χ0n) is 18.5. The van der Waals surface area contributed by atoms with Crippen molar-refractivity contribution in [2.24, 2.45) is 0 Å². The molecule has 0 heterocycles. The maximum atomic E-state index is 2.99. The van der Waals surface area contributed by atoms with E-state index in [4.69, 9.17) is 0 Å². The third-order valence-electron chi connectivity index (χ3n) is 4.27. The number of allylic oxidation sites excluding steroid dienone is 8. The van der Waals surface area contributed by atoms with Gasteiger partial charge in [-0.2, -0.15) is 47.2 Å². The van der Waals surface area contributed by atoms with Crippen LogP contribution in [-0.2, 0) is 52.4 Å². The van der Waals surface area contributed by atoms with Crippen molar-refractivity contribution >= 4 is 21.5 Å². The zero-order valence-corrected chi connectivity index (χ0v) is 26.4. The molecule has 4 aromatic rings.